The molecule has 3 unspecified atom stereocenters. The molecule has 0 spiro atoms. The van der Waals surface area contributed by atoms with Gasteiger partial charge in [0, 0.05) is 41.6 Å². The minimum atomic E-state index is -0.246. The molecule has 30 heavy (non-hydrogen) atoms. The molecular weight excluding hydrogens is 419 g/mol. The molecule has 2 aromatic rings. The predicted octanol–water partition coefficient (Wildman–Crippen LogP) is 3.86. The number of amides is 1. The molecule has 2 saturated heterocycles. The fraction of sp³-hybridized carbons (Fsp3) is 0.409. The molecule has 2 aliphatic heterocycles. The predicted molar refractivity (Wildman–Crippen MR) is 123 cm³/mol. The largest absolute Gasteiger partial charge is 0.325 e. The van der Waals surface area contributed by atoms with Crippen LogP contribution in [0.15, 0.2) is 53.4 Å². The highest BCUT2D eigenvalue weighted by molar-refractivity contribution is 8.76. The number of likely N-dealkylation sites (tertiary alicyclic amines) is 1. The van der Waals surface area contributed by atoms with E-state index in [-0.39, 0.29) is 30.4 Å². The molecule has 4 rings (SSSR count). The van der Waals surface area contributed by atoms with Crippen LogP contribution in [-0.4, -0.2) is 48.4 Å². The standard InChI is InChI=1S/C22H27FN4OS2/c1-2-29-30-18-8-4-7-17(12-18)26-20(28)13-27-10-9-19-21(25-14-24-19)22(27)15-5-3-6-16(23)11-15/h3-8,11-12,19,21-22,24-25H,2,9-10,13-14H2,1H3,(H,26,28). The van der Waals surface area contributed by atoms with Crippen LogP contribution in [0.2, 0.25) is 0 Å². The minimum absolute atomic E-state index is 0.0499. The van der Waals surface area contributed by atoms with Crippen molar-refractivity contribution in [2.75, 3.05) is 30.8 Å². The van der Waals surface area contributed by atoms with E-state index in [2.05, 4.69) is 27.8 Å². The van der Waals surface area contributed by atoms with Gasteiger partial charge in [0.25, 0.3) is 0 Å². The molecule has 2 heterocycles. The van der Waals surface area contributed by atoms with Gasteiger partial charge in [-0.25, -0.2) is 4.39 Å². The summed E-state index contributed by atoms with van der Waals surface area (Å²) in [7, 11) is 3.49. The topological polar surface area (TPSA) is 56.4 Å². The number of hydrogen-bond acceptors (Lipinski definition) is 6. The van der Waals surface area contributed by atoms with Crippen LogP contribution in [0.1, 0.15) is 24.9 Å². The van der Waals surface area contributed by atoms with Crippen molar-refractivity contribution >= 4 is 33.2 Å². The first-order valence-electron chi connectivity index (χ1n) is 10.3. The second-order valence-corrected chi connectivity index (χ2v) is 10.2. The summed E-state index contributed by atoms with van der Waals surface area (Å²) in [5.74, 6) is 0.735. The zero-order valence-corrected chi connectivity index (χ0v) is 18.6. The highest BCUT2D eigenvalue weighted by Crippen LogP contribution is 2.34. The summed E-state index contributed by atoms with van der Waals surface area (Å²) in [6.07, 6.45) is 0.955. The van der Waals surface area contributed by atoms with Crippen molar-refractivity contribution in [1.29, 1.82) is 0 Å². The van der Waals surface area contributed by atoms with Crippen LogP contribution >= 0.6 is 21.6 Å². The van der Waals surface area contributed by atoms with E-state index >= 15 is 0 Å². The zero-order chi connectivity index (χ0) is 20.9. The van der Waals surface area contributed by atoms with Gasteiger partial charge in [0.2, 0.25) is 5.91 Å². The Morgan fingerprint density at radius 2 is 2.10 bits per heavy atom. The Morgan fingerprint density at radius 3 is 2.93 bits per heavy atom. The van der Waals surface area contributed by atoms with E-state index in [4.69, 9.17) is 0 Å². The monoisotopic (exact) mass is 446 g/mol. The van der Waals surface area contributed by atoms with Gasteiger partial charge < -0.3 is 5.32 Å². The molecule has 2 aromatic carbocycles. The summed E-state index contributed by atoms with van der Waals surface area (Å²) in [5, 5.41) is 10.0. The molecule has 2 aliphatic rings. The molecule has 0 saturated carbocycles. The van der Waals surface area contributed by atoms with Crippen molar-refractivity contribution in [3.63, 3.8) is 0 Å². The molecule has 0 aromatic heterocycles. The molecule has 2 fully saturated rings. The van der Waals surface area contributed by atoms with E-state index in [1.165, 1.54) is 6.07 Å². The molecule has 160 valence electrons. The van der Waals surface area contributed by atoms with Gasteiger partial charge in [0.15, 0.2) is 0 Å². The van der Waals surface area contributed by atoms with Crippen LogP contribution in [0.3, 0.4) is 0 Å². The van der Waals surface area contributed by atoms with Crippen molar-refractivity contribution in [2.45, 2.75) is 36.4 Å². The number of benzene rings is 2. The summed E-state index contributed by atoms with van der Waals surface area (Å²) in [4.78, 5) is 16.2. The van der Waals surface area contributed by atoms with Gasteiger partial charge in [0.1, 0.15) is 5.82 Å². The average molecular weight is 447 g/mol. The van der Waals surface area contributed by atoms with Crippen LogP contribution in [0.5, 0.6) is 0 Å². The first-order valence-corrected chi connectivity index (χ1v) is 12.6. The highest BCUT2D eigenvalue weighted by atomic mass is 33.1. The normalized spacial score (nSPS) is 23.9. The van der Waals surface area contributed by atoms with Crippen molar-refractivity contribution in [2.24, 2.45) is 0 Å². The highest BCUT2D eigenvalue weighted by Gasteiger charge is 2.41. The summed E-state index contributed by atoms with van der Waals surface area (Å²) in [5.41, 5.74) is 1.71. The lowest BCUT2D eigenvalue weighted by Gasteiger charge is -2.42. The third-order valence-electron chi connectivity index (χ3n) is 5.52. The first kappa shape index (κ1) is 21.6. The Hall–Kier alpha value is -1.58. The van der Waals surface area contributed by atoms with Gasteiger partial charge in [-0.3, -0.25) is 20.3 Å². The Bertz CT molecular complexity index is 884. The number of carbonyl (C=O) groups is 1. The summed E-state index contributed by atoms with van der Waals surface area (Å²) < 4.78 is 13.9. The number of fused-ring (bicyclic) bond motifs is 1. The van der Waals surface area contributed by atoms with Crippen LogP contribution < -0.4 is 16.0 Å². The van der Waals surface area contributed by atoms with Crippen LogP contribution in [0.4, 0.5) is 10.1 Å². The molecule has 3 atom stereocenters. The Kier molecular flexibility index (Phi) is 7.32. The van der Waals surface area contributed by atoms with Gasteiger partial charge in [-0.15, -0.1) is 0 Å². The van der Waals surface area contributed by atoms with Gasteiger partial charge in [-0.2, -0.15) is 0 Å². The van der Waals surface area contributed by atoms with Crippen molar-refractivity contribution < 1.29 is 9.18 Å². The molecule has 1 amide bonds. The van der Waals surface area contributed by atoms with Crippen molar-refractivity contribution in [3.8, 4) is 0 Å². The Balaban J connectivity index is 1.47. The van der Waals surface area contributed by atoms with E-state index in [9.17, 15) is 9.18 Å². The fourth-order valence-corrected chi connectivity index (χ4v) is 5.92. The van der Waals surface area contributed by atoms with Crippen molar-refractivity contribution in [3.05, 3.63) is 59.9 Å². The smallest absolute Gasteiger partial charge is 0.238 e. The fourth-order valence-electron chi connectivity index (χ4n) is 4.29. The number of anilines is 1. The maximum atomic E-state index is 13.9. The quantitative estimate of drug-likeness (QED) is 0.562. The van der Waals surface area contributed by atoms with Gasteiger partial charge in [-0.05, 0) is 42.3 Å². The SMILES string of the molecule is CCSSc1cccc(NC(=O)CN2CCC3NCNC3C2c2cccc(F)c2)c1. The maximum Gasteiger partial charge on any atom is 0.238 e. The van der Waals surface area contributed by atoms with E-state index in [1.54, 1.807) is 33.7 Å². The summed E-state index contributed by atoms with van der Waals surface area (Å²) in [6, 6.07) is 15.1. The second kappa shape index (κ2) is 10.2. The average Bonchev–Trinajstić information content (AvgIpc) is 3.21. The number of rotatable bonds is 7. The van der Waals surface area contributed by atoms with Gasteiger partial charge >= 0.3 is 0 Å². The third-order valence-corrected chi connectivity index (χ3v) is 7.96. The molecule has 0 aliphatic carbocycles. The molecule has 8 heteroatoms. The molecular formula is C22H27FN4OS2. The number of carbonyl (C=O) groups excluding carboxylic acids is 1. The van der Waals surface area contributed by atoms with E-state index in [1.807, 2.05) is 30.3 Å². The lowest BCUT2D eigenvalue weighted by atomic mass is 9.87. The minimum Gasteiger partial charge on any atom is -0.325 e. The lowest BCUT2D eigenvalue weighted by Crippen LogP contribution is -2.54. The van der Waals surface area contributed by atoms with Crippen LogP contribution in [0, 0.1) is 5.82 Å². The number of hydrogen-bond donors (Lipinski definition) is 3. The number of halogens is 1. The molecule has 3 N–H and O–H groups in total. The maximum absolute atomic E-state index is 13.9. The van der Waals surface area contributed by atoms with E-state index < -0.39 is 0 Å². The number of piperidine rings is 1. The zero-order valence-electron chi connectivity index (χ0n) is 16.9. The van der Waals surface area contributed by atoms with Gasteiger partial charge in [0.05, 0.1) is 12.6 Å². The summed E-state index contributed by atoms with van der Waals surface area (Å²) in [6.45, 7) is 3.91. The Morgan fingerprint density at radius 1 is 1.23 bits per heavy atom. The van der Waals surface area contributed by atoms with Crippen LogP contribution in [0.25, 0.3) is 0 Å². The lowest BCUT2D eigenvalue weighted by molar-refractivity contribution is -0.118. The second-order valence-electron chi connectivity index (χ2n) is 7.54. The van der Waals surface area contributed by atoms with Crippen molar-refractivity contribution in [1.82, 2.24) is 15.5 Å². The van der Waals surface area contributed by atoms with Gasteiger partial charge in [-0.1, -0.05) is 46.7 Å². The number of nitrogens with one attached hydrogen (secondary N) is 3. The van der Waals surface area contributed by atoms with E-state index in [0.29, 0.717) is 6.04 Å². The molecule has 5 nitrogen and oxygen atoms in total. The summed E-state index contributed by atoms with van der Waals surface area (Å²) >= 11 is 0. The third kappa shape index (κ3) is 5.18. The Labute approximate surface area is 185 Å². The van der Waals surface area contributed by atoms with E-state index in [0.717, 1.165) is 41.5 Å². The molecule has 0 radical (unpaired) electrons. The molecule has 0 bridgehead atoms. The van der Waals surface area contributed by atoms with Crippen LogP contribution in [-0.2, 0) is 4.79 Å². The number of nitrogens with zero attached hydrogens (tertiary/aromatic N) is 1. The first-order chi connectivity index (χ1) is 14.6.